The Morgan fingerprint density at radius 1 is 1.35 bits per heavy atom. The number of likely N-dealkylation sites (tertiary alicyclic amines) is 1. The first-order valence-corrected chi connectivity index (χ1v) is 8.13. The largest absolute Gasteiger partial charge is 0.359 e. The monoisotopic (exact) mass is 313 g/mol. The number of aromatic nitrogens is 2. The fraction of sp³-hybridized carbons (Fsp3) is 0.471. The van der Waals surface area contributed by atoms with Gasteiger partial charge < -0.3 is 14.4 Å². The van der Waals surface area contributed by atoms with Crippen LogP contribution in [-0.4, -0.2) is 27.5 Å². The topological polar surface area (TPSA) is 79.2 Å². The van der Waals surface area contributed by atoms with Gasteiger partial charge in [0.05, 0.1) is 11.7 Å². The smallest absolute Gasteiger partial charge is 0.261 e. The van der Waals surface area contributed by atoms with Gasteiger partial charge in [-0.25, -0.2) is 0 Å². The van der Waals surface area contributed by atoms with Crippen LogP contribution in [0.3, 0.4) is 0 Å². The number of hydrogen-bond acceptors (Lipinski definition) is 4. The first-order valence-electron chi connectivity index (χ1n) is 8.13. The summed E-state index contributed by atoms with van der Waals surface area (Å²) in [7, 11) is 0. The molecule has 3 heterocycles. The summed E-state index contributed by atoms with van der Waals surface area (Å²) >= 11 is 0. The van der Waals surface area contributed by atoms with Crippen LogP contribution in [0, 0.1) is 6.92 Å². The summed E-state index contributed by atoms with van der Waals surface area (Å²) in [5, 5.41) is 3.91. The number of carbonyl (C=O) groups is 1. The molecule has 1 N–H and O–H groups in total. The van der Waals surface area contributed by atoms with Crippen molar-refractivity contribution in [1.82, 2.24) is 15.0 Å². The van der Waals surface area contributed by atoms with Crippen LogP contribution in [0.5, 0.6) is 0 Å². The molecule has 4 rings (SSSR count). The molecule has 2 aliphatic rings. The predicted molar refractivity (Wildman–Crippen MR) is 83.3 cm³/mol. The van der Waals surface area contributed by atoms with Gasteiger partial charge in [0, 0.05) is 18.3 Å². The number of pyridine rings is 1. The number of nitrogens with one attached hydrogen (secondary N) is 1. The van der Waals surface area contributed by atoms with E-state index < -0.39 is 0 Å². The fourth-order valence-corrected chi connectivity index (χ4v) is 3.67. The molecule has 0 radical (unpaired) electrons. The minimum absolute atomic E-state index is 0.128. The fourth-order valence-electron chi connectivity index (χ4n) is 3.67. The van der Waals surface area contributed by atoms with Crippen LogP contribution in [-0.2, 0) is 12.8 Å². The van der Waals surface area contributed by atoms with Gasteiger partial charge in [0.1, 0.15) is 5.56 Å². The molecular weight excluding hydrogens is 294 g/mol. The average molecular weight is 313 g/mol. The van der Waals surface area contributed by atoms with Crippen molar-refractivity contribution in [2.24, 2.45) is 0 Å². The third-order valence-electron chi connectivity index (χ3n) is 4.81. The first kappa shape index (κ1) is 14.2. The van der Waals surface area contributed by atoms with Gasteiger partial charge in [0.15, 0.2) is 5.76 Å². The van der Waals surface area contributed by atoms with Crippen LogP contribution in [0.25, 0.3) is 0 Å². The number of hydrogen-bond donors (Lipinski definition) is 1. The quantitative estimate of drug-likeness (QED) is 0.921. The summed E-state index contributed by atoms with van der Waals surface area (Å²) in [6.07, 6.45) is 4.59. The number of rotatable bonds is 2. The molecule has 23 heavy (non-hydrogen) atoms. The maximum atomic E-state index is 12.9. The Kier molecular flexibility index (Phi) is 3.32. The van der Waals surface area contributed by atoms with E-state index >= 15 is 0 Å². The standard InChI is InChI=1S/C17H19N3O3/c1-10-8-15(23-19-10)14-6-3-7-20(14)17(22)12-9-11-4-2-5-13(11)18-16(12)21/h8-9,14H,2-7H2,1H3,(H,18,21)/t14-/m1/s1. The molecule has 0 unspecified atom stereocenters. The van der Waals surface area contributed by atoms with E-state index in [0.29, 0.717) is 12.3 Å². The Bertz CT molecular complexity index is 821. The zero-order valence-corrected chi connectivity index (χ0v) is 13.1. The average Bonchev–Trinajstić information content (AvgIpc) is 3.24. The second kappa shape index (κ2) is 5.37. The van der Waals surface area contributed by atoms with Crippen molar-refractivity contribution < 1.29 is 9.32 Å². The zero-order chi connectivity index (χ0) is 16.0. The highest BCUT2D eigenvalue weighted by atomic mass is 16.5. The lowest BCUT2D eigenvalue weighted by Crippen LogP contribution is -2.34. The van der Waals surface area contributed by atoms with Crippen LogP contribution in [0.1, 0.15) is 58.4 Å². The third kappa shape index (κ3) is 2.38. The normalized spacial score (nSPS) is 20.0. The number of aryl methyl sites for hydroxylation is 3. The summed E-state index contributed by atoms with van der Waals surface area (Å²) < 4.78 is 5.34. The van der Waals surface area contributed by atoms with Crippen molar-refractivity contribution in [3.63, 3.8) is 0 Å². The van der Waals surface area contributed by atoms with E-state index in [9.17, 15) is 9.59 Å². The van der Waals surface area contributed by atoms with Crippen molar-refractivity contribution in [1.29, 1.82) is 0 Å². The number of fused-ring (bicyclic) bond motifs is 1. The van der Waals surface area contributed by atoms with E-state index in [1.54, 1.807) is 11.0 Å². The van der Waals surface area contributed by atoms with E-state index in [1.165, 1.54) is 0 Å². The van der Waals surface area contributed by atoms with Gasteiger partial charge in [0.2, 0.25) is 0 Å². The maximum Gasteiger partial charge on any atom is 0.261 e. The molecule has 6 heteroatoms. The molecule has 0 bridgehead atoms. The number of carbonyl (C=O) groups excluding carboxylic acids is 1. The van der Waals surface area contributed by atoms with Crippen LogP contribution in [0.2, 0.25) is 0 Å². The number of amides is 1. The van der Waals surface area contributed by atoms with E-state index in [0.717, 1.165) is 49.1 Å². The van der Waals surface area contributed by atoms with Crippen molar-refractivity contribution in [3.8, 4) is 0 Å². The minimum atomic E-state index is -0.282. The molecule has 0 aromatic carbocycles. The van der Waals surface area contributed by atoms with Gasteiger partial charge >= 0.3 is 0 Å². The van der Waals surface area contributed by atoms with E-state index in [-0.39, 0.29) is 23.1 Å². The highest BCUT2D eigenvalue weighted by Crippen LogP contribution is 2.33. The molecule has 120 valence electrons. The van der Waals surface area contributed by atoms with Crippen LogP contribution in [0.15, 0.2) is 21.5 Å². The van der Waals surface area contributed by atoms with Crippen molar-refractivity contribution in [3.05, 3.63) is 50.8 Å². The Morgan fingerprint density at radius 2 is 2.22 bits per heavy atom. The van der Waals surface area contributed by atoms with Gasteiger partial charge in [-0.05, 0) is 50.7 Å². The van der Waals surface area contributed by atoms with E-state index in [1.807, 2.05) is 13.0 Å². The highest BCUT2D eigenvalue weighted by Gasteiger charge is 2.34. The summed E-state index contributed by atoms with van der Waals surface area (Å²) in [6, 6.07) is 3.52. The maximum absolute atomic E-state index is 12.9. The van der Waals surface area contributed by atoms with Gasteiger partial charge in [-0.15, -0.1) is 0 Å². The molecule has 1 aliphatic heterocycles. The lowest BCUT2D eigenvalue weighted by atomic mass is 10.1. The first-order chi connectivity index (χ1) is 11.1. The number of H-pyrrole nitrogens is 1. The Labute approximate surface area is 133 Å². The molecule has 1 fully saturated rings. The van der Waals surface area contributed by atoms with E-state index in [4.69, 9.17) is 4.52 Å². The van der Waals surface area contributed by atoms with Crippen LogP contribution >= 0.6 is 0 Å². The number of aromatic amines is 1. The summed E-state index contributed by atoms with van der Waals surface area (Å²) in [4.78, 5) is 29.8. The molecule has 1 aliphatic carbocycles. The molecule has 1 amide bonds. The molecular formula is C17H19N3O3. The zero-order valence-electron chi connectivity index (χ0n) is 13.1. The Balaban J connectivity index is 1.67. The van der Waals surface area contributed by atoms with Crippen LogP contribution < -0.4 is 5.56 Å². The van der Waals surface area contributed by atoms with Gasteiger partial charge in [-0.3, -0.25) is 9.59 Å². The molecule has 0 spiro atoms. The SMILES string of the molecule is Cc1cc([C@H]2CCCN2C(=O)c2cc3c([nH]c2=O)CCC3)on1. The van der Waals surface area contributed by atoms with Crippen molar-refractivity contribution >= 4 is 5.91 Å². The van der Waals surface area contributed by atoms with E-state index in [2.05, 4.69) is 10.1 Å². The lowest BCUT2D eigenvalue weighted by Gasteiger charge is -2.22. The van der Waals surface area contributed by atoms with Crippen molar-refractivity contribution in [2.45, 2.75) is 45.1 Å². The molecule has 2 aromatic heterocycles. The van der Waals surface area contributed by atoms with Gasteiger partial charge in [0.25, 0.3) is 11.5 Å². The molecule has 1 atom stereocenters. The summed E-state index contributed by atoms with van der Waals surface area (Å²) in [5.74, 6) is 0.489. The van der Waals surface area contributed by atoms with Gasteiger partial charge in [-0.1, -0.05) is 5.16 Å². The molecule has 2 aromatic rings. The summed E-state index contributed by atoms with van der Waals surface area (Å²) in [6.45, 7) is 2.50. The lowest BCUT2D eigenvalue weighted by molar-refractivity contribution is 0.0712. The molecule has 0 saturated carbocycles. The second-order valence-corrected chi connectivity index (χ2v) is 6.40. The summed E-state index contributed by atoms with van der Waals surface area (Å²) in [5.41, 5.74) is 2.84. The predicted octanol–water partition coefficient (Wildman–Crippen LogP) is 2.14. The van der Waals surface area contributed by atoms with Crippen molar-refractivity contribution in [2.75, 3.05) is 6.54 Å². The highest BCUT2D eigenvalue weighted by molar-refractivity contribution is 5.94. The number of nitrogens with zero attached hydrogens (tertiary/aromatic N) is 2. The van der Waals surface area contributed by atoms with Crippen LogP contribution in [0.4, 0.5) is 0 Å². The minimum Gasteiger partial charge on any atom is -0.359 e. The molecule has 1 saturated heterocycles. The Hall–Kier alpha value is -2.37. The molecule has 6 nitrogen and oxygen atoms in total. The van der Waals surface area contributed by atoms with Gasteiger partial charge in [-0.2, -0.15) is 0 Å². The third-order valence-corrected chi connectivity index (χ3v) is 4.81. The second-order valence-electron chi connectivity index (χ2n) is 6.40. The Morgan fingerprint density at radius 3 is 3.00 bits per heavy atom.